The van der Waals surface area contributed by atoms with E-state index in [2.05, 4.69) is 13.8 Å². The van der Waals surface area contributed by atoms with Crippen LogP contribution in [0.25, 0.3) is 0 Å². The first-order chi connectivity index (χ1) is 7.99. The van der Waals surface area contributed by atoms with Crippen LogP contribution in [0.1, 0.15) is 35.0 Å². The standard InChI is InChI=1S/C12H15NO4/c1-7-5-13(6-8(7)2)11(14)9-3-4-10(17-9)12(15)16/h3-4,7-8H,5-6H2,1-2H3,(H,15,16). The molecule has 1 fully saturated rings. The third-order valence-corrected chi connectivity index (χ3v) is 3.30. The molecule has 0 aromatic carbocycles. The first-order valence-corrected chi connectivity index (χ1v) is 5.61. The van der Waals surface area contributed by atoms with Crippen LogP contribution < -0.4 is 0 Å². The number of hydrogen-bond donors (Lipinski definition) is 1. The van der Waals surface area contributed by atoms with Crippen molar-refractivity contribution >= 4 is 11.9 Å². The number of aromatic carboxylic acids is 1. The number of nitrogens with zero attached hydrogens (tertiary/aromatic N) is 1. The molecule has 0 bridgehead atoms. The Morgan fingerprint density at radius 1 is 1.24 bits per heavy atom. The second-order valence-corrected chi connectivity index (χ2v) is 4.63. The summed E-state index contributed by atoms with van der Waals surface area (Å²) < 4.78 is 5.00. The van der Waals surface area contributed by atoms with Crippen molar-refractivity contribution in [3.63, 3.8) is 0 Å². The average molecular weight is 237 g/mol. The van der Waals surface area contributed by atoms with Crippen molar-refractivity contribution in [3.8, 4) is 0 Å². The van der Waals surface area contributed by atoms with Crippen molar-refractivity contribution in [2.45, 2.75) is 13.8 Å². The fraction of sp³-hybridized carbons (Fsp3) is 0.500. The summed E-state index contributed by atoms with van der Waals surface area (Å²) in [4.78, 5) is 24.4. The maximum absolute atomic E-state index is 12.0. The quantitative estimate of drug-likeness (QED) is 0.849. The van der Waals surface area contributed by atoms with Crippen molar-refractivity contribution in [1.29, 1.82) is 0 Å². The van der Waals surface area contributed by atoms with Crippen LogP contribution in [0.5, 0.6) is 0 Å². The molecule has 1 saturated heterocycles. The lowest BCUT2D eigenvalue weighted by molar-refractivity contribution is 0.0653. The first kappa shape index (κ1) is 11.7. The first-order valence-electron chi connectivity index (χ1n) is 5.61. The normalized spacial score (nSPS) is 24.0. The molecule has 1 aromatic rings. The van der Waals surface area contributed by atoms with Gasteiger partial charge in [-0.2, -0.15) is 0 Å². The molecular weight excluding hydrogens is 222 g/mol. The maximum atomic E-state index is 12.0. The zero-order chi connectivity index (χ0) is 12.6. The minimum absolute atomic E-state index is 0.101. The van der Waals surface area contributed by atoms with Gasteiger partial charge in [-0.05, 0) is 24.0 Å². The van der Waals surface area contributed by atoms with E-state index in [-0.39, 0.29) is 17.4 Å². The molecule has 17 heavy (non-hydrogen) atoms. The van der Waals surface area contributed by atoms with Gasteiger partial charge in [-0.1, -0.05) is 13.8 Å². The number of amides is 1. The molecular formula is C12H15NO4. The van der Waals surface area contributed by atoms with E-state index >= 15 is 0 Å². The number of carboxylic acids is 1. The zero-order valence-electron chi connectivity index (χ0n) is 9.84. The zero-order valence-corrected chi connectivity index (χ0v) is 9.84. The Morgan fingerprint density at radius 3 is 2.24 bits per heavy atom. The van der Waals surface area contributed by atoms with E-state index < -0.39 is 5.97 Å². The molecule has 5 nitrogen and oxygen atoms in total. The largest absolute Gasteiger partial charge is 0.475 e. The van der Waals surface area contributed by atoms with E-state index in [0.29, 0.717) is 24.9 Å². The van der Waals surface area contributed by atoms with Crippen LogP contribution in [-0.4, -0.2) is 35.0 Å². The predicted molar refractivity (Wildman–Crippen MR) is 59.9 cm³/mol. The van der Waals surface area contributed by atoms with Crippen molar-refractivity contribution in [2.24, 2.45) is 11.8 Å². The predicted octanol–water partition coefficient (Wildman–Crippen LogP) is 1.71. The molecule has 1 aromatic heterocycles. The summed E-state index contributed by atoms with van der Waals surface area (Å²) >= 11 is 0. The van der Waals surface area contributed by atoms with Crippen LogP contribution in [0, 0.1) is 11.8 Å². The van der Waals surface area contributed by atoms with Gasteiger partial charge in [0, 0.05) is 13.1 Å². The highest BCUT2D eigenvalue weighted by Crippen LogP contribution is 2.24. The third-order valence-electron chi connectivity index (χ3n) is 3.30. The molecule has 2 atom stereocenters. The number of carboxylic acid groups (broad SMARTS) is 1. The fourth-order valence-electron chi connectivity index (χ4n) is 2.02. The van der Waals surface area contributed by atoms with Crippen molar-refractivity contribution in [2.75, 3.05) is 13.1 Å². The number of likely N-dealkylation sites (tertiary alicyclic amines) is 1. The van der Waals surface area contributed by atoms with Gasteiger partial charge < -0.3 is 14.4 Å². The van der Waals surface area contributed by atoms with Gasteiger partial charge in [0.2, 0.25) is 5.76 Å². The smallest absolute Gasteiger partial charge is 0.371 e. The third kappa shape index (κ3) is 2.18. The molecule has 0 saturated carbocycles. The van der Waals surface area contributed by atoms with E-state index in [1.165, 1.54) is 12.1 Å². The van der Waals surface area contributed by atoms with Crippen molar-refractivity contribution in [1.82, 2.24) is 4.90 Å². The highest BCUT2D eigenvalue weighted by Gasteiger charge is 2.31. The molecule has 0 aliphatic carbocycles. The van der Waals surface area contributed by atoms with Gasteiger partial charge in [0.15, 0.2) is 5.76 Å². The number of furan rings is 1. The molecule has 2 rings (SSSR count). The van der Waals surface area contributed by atoms with Gasteiger partial charge in [-0.25, -0.2) is 4.79 Å². The van der Waals surface area contributed by atoms with E-state index in [9.17, 15) is 9.59 Å². The van der Waals surface area contributed by atoms with Gasteiger partial charge >= 0.3 is 5.97 Å². The summed E-state index contributed by atoms with van der Waals surface area (Å²) in [6.07, 6.45) is 0. The lowest BCUT2D eigenvalue weighted by Crippen LogP contribution is -2.28. The molecule has 92 valence electrons. The summed E-state index contributed by atoms with van der Waals surface area (Å²) in [6.45, 7) is 5.59. The van der Waals surface area contributed by atoms with Crippen LogP contribution in [0.4, 0.5) is 0 Å². The average Bonchev–Trinajstić information content (AvgIpc) is 2.86. The van der Waals surface area contributed by atoms with Crippen LogP contribution in [0.2, 0.25) is 0 Å². The fourth-order valence-corrected chi connectivity index (χ4v) is 2.02. The molecule has 5 heteroatoms. The molecule has 2 heterocycles. The van der Waals surface area contributed by atoms with E-state index in [1.54, 1.807) is 4.90 Å². The van der Waals surface area contributed by atoms with Crippen LogP contribution >= 0.6 is 0 Å². The molecule has 1 aliphatic rings. The summed E-state index contributed by atoms with van der Waals surface area (Å²) in [5.41, 5.74) is 0. The second-order valence-electron chi connectivity index (χ2n) is 4.63. The van der Waals surface area contributed by atoms with Crippen LogP contribution in [-0.2, 0) is 0 Å². The molecule has 1 aliphatic heterocycles. The SMILES string of the molecule is CC1CN(C(=O)c2ccc(C(=O)O)o2)CC1C. The van der Waals surface area contributed by atoms with Crippen molar-refractivity contribution in [3.05, 3.63) is 23.7 Å². The van der Waals surface area contributed by atoms with Gasteiger partial charge in [0.05, 0.1) is 0 Å². The summed E-state index contributed by atoms with van der Waals surface area (Å²) in [7, 11) is 0. The molecule has 1 N–H and O–H groups in total. The number of hydrogen-bond acceptors (Lipinski definition) is 3. The Bertz CT molecular complexity index is 441. The Morgan fingerprint density at radius 2 is 1.76 bits per heavy atom. The van der Waals surface area contributed by atoms with Gasteiger partial charge in [0.1, 0.15) is 0 Å². The topological polar surface area (TPSA) is 70.8 Å². The number of carbonyl (C=O) groups excluding carboxylic acids is 1. The van der Waals surface area contributed by atoms with Crippen molar-refractivity contribution < 1.29 is 19.1 Å². The highest BCUT2D eigenvalue weighted by molar-refractivity contribution is 5.93. The minimum Gasteiger partial charge on any atom is -0.475 e. The Balaban J connectivity index is 2.12. The maximum Gasteiger partial charge on any atom is 0.371 e. The lowest BCUT2D eigenvalue weighted by atomic mass is 10.0. The molecule has 0 spiro atoms. The Kier molecular flexibility index (Phi) is 2.92. The lowest BCUT2D eigenvalue weighted by Gasteiger charge is -2.13. The number of carbonyl (C=O) groups is 2. The summed E-state index contributed by atoms with van der Waals surface area (Å²) in [5.74, 6) is -0.557. The highest BCUT2D eigenvalue weighted by atomic mass is 16.4. The second kappa shape index (κ2) is 4.24. The monoisotopic (exact) mass is 237 g/mol. The van der Waals surface area contributed by atoms with Gasteiger partial charge in [0.25, 0.3) is 5.91 Å². The van der Waals surface area contributed by atoms with Gasteiger partial charge in [-0.15, -0.1) is 0 Å². The summed E-state index contributed by atoms with van der Waals surface area (Å²) in [5, 5.41) is 8.71. The van der Waals surface area contributed by atoms with Crippen LogP contribution in [0.15, 0.2) is 16.5 Å². The Hall–Kier alpha value is -1.78. The Labute approximate surface area is 99.0 Å². The molecule has 1 amide bonds. The van der Waals surface area contributed by atoms with E-state index in [0.717, 1.165) is 0 Å². The minimum atomic E-state index is -1.16. The summed E-state index contributed by atoms with van der Waals surface area (Å²) in [6, 6.07) is 2.72. The molecule has 0 radical (unpaired) electrons. The molecule has 2 unspecified atom stereocenters. The van der Waals surface area contributed by atoms with Crippen LogP contribution in [0.3, 0.4) is 0 Å². The van der Waals surface area contributed by atoms with E-state index in [1.807, 2.05) is 0 Å². The van der Waals surface area contributed by atoms with Gasteiger partial charge in [-0.3, -0.25) is 4.79 Å². The van der Waals surface area contributed by atoms with E-state index in [4.69, 9.17) is 9.52 Å². The number of rotatable bonds is 2.